The molecule has 0 saturated heterocycles. The van der Waals surface area contributed by atoms with Crippen LogP contribution in [0.5, 0.6) is 0 Å². The van der Waals surface area contributed by atoms with Gasteiger partial charge in [-0.05, 0) is 18.8 Å². The number of hydrogen-bond donors (Lipinski definition) is 2. The third-order valence-electron chi connectivity index (χ3n) is 5.91. The van der Waals surface area contributed by atoms with Crippen LogP contribution in [0.4, 0.5) is 20.2 Å². The molecule has 3 rings (SSSR count). The topological polar surface area (TPSA) is 58.2 Å². The van der Waals surface area contributed by atoms with E-state index in [2.05, 4.69) is 24.5 Å². The van der Waals surface area contributed by atoms with Crippen LogP contribution >= 0.6 is 0 Å². The molecule has 6 heteroatoms. The molecule has 0 aliphatic heterocycles. The van der Waals surface area contributed by atoms with Gasteiger partial charge >= 0.3 is 0 Å². The van der Waals surface area contributed by atoms with E-state index in [9.17, 15) is 9.59 Å². The van der Waals surface area contributed by atoms with Crippen molar-refractivity contribution < 1.29 is 18.4 Å². The fourth-order valence-corrected chi connectivity index (χ4v) is 4.06. The van der Waals surface area contributed by atoms with Crippen LogP contribution < -0.4 is 10.6 Å². The van der Waals surface area contributed by atoms with E-state index in [-0.39, 0.29) is 39.5 Å². The summed E-state index contributed by atoms with van der Waals surface area (Å²) in [4.78, 5) is 26.6. The first-order chi connectivity index (χ1) is 15.0. The summed E-state index contributed by atoms with van der Waals surface area (Å²) in [5.41, 5.74) is -0.172. The number of benzene rings is 2. The van der Waals surface area contributed by atoms with Crippen molar-refractivity contribution in [1.29, 1.82) is 0 Å². The van der Waals surface area contributed by atoms with Gasteiger partial charge in [0.2, 0.25) is 0 Å². The molecule has 2 aromatic rings. The van der Waals surface area contributed by atoms with Gasteiger partial charge in [-0.1, -0.05) is 64.3 Å². The lowest BCUT2D eigenvalue weighted by molar-refractivity contribution is 0.0979. The summed E-state index contributed by atoms with van der Waals surface area (Å²) < 4.78 is 30.3. The molecular weight excluding hydrogens is 398 g/mol. The maximum Gasteiger partial charge on any atom is 0.196 e. The molecule has 0 heterocycles. The first kappa shape index (κ1) is 22.9. The van der Waals surface area contributed by atoms with E-state index in [1.807, 2.05) is 6.92 Å². The molecule has 0 spiro atoms. The lowest BCUT2D eigenvalue weighted by atomic mass is 9.81. The monoisotopic (exact) mass is 428 g/mol. The van der Waals surface area contributed by atoms with Crippen LogP contribution in [0.15, 0.2) is 24.3 Å². The number of unbranched alkanes of at least 4 members (excludes halogenated alkanes) is 1. The van der Waals surface area contributed by atoms with Crippen LogP contribution in [0.3, 0.4) is 0 Å². The van der Waals surface area contributed by atoms with Crippen molar-refractivity contribution in [3.63, 3.8) is 0 Å². The lowest BCUT2D eigenvalue weighted by Crippen LogP contribution is -2.27. The summed E-state index contributed by atoms with van der Waals surface area (Å²) in [6.07, 6.45) is 4.59. The molecule has 0 saturated carbocycles. The van der Waals surface area contributed by atoms with E-state index >= 15 is 8.78 Å². The predicted octanol–water partition coefficient (Wildman–Crippen LogP) is 6.19. The maximum absolute atomic E-state index is 15.2. The Hall–Kier alpha value is -2.76. The normalized spacial score (nSPS) is 13.6. The number of nitrogens with one attached hydrogen (secondary N) is 2. The number of rotatable bonds is 10. The summed E-state index contributed by atoms with van der Waals surface area (Å²) in [6, 6.07) is 6.43. The fraction of sp³-hybridized carbons (Fsp3) is 0.440. The highest BCUT2D eigenvalue weighted by atomic mass is 19.2. The first-order valence-electron chi connectivity index (χ1n) is 11.2. The molecule has 0 aromatic heterocycles. The van der Waals surface area contributed by atoms with Gasteiger partial charge in [0.15, 0.2) is 23.2 Å². The molecule has 0 amide bonds. The van der Waals surface area contributed by atoms with E-state index in [1.54, 1.807) is 24.3 Å². The molecule has 0 fully saturated rings. The first-order valence-corrected chi connectivity index (χ1v) is 11.2. The van der Waals surface area contributed by atoms with Crippen molar-refractivity contribution in [2.45, 2.75) is 52.9 Å². The van der Waals surface area contributed by atoms with Gasteiger partial charge in [0.05, 0.1) is 22.5 Å². The van der Waals surface area contributed by atoms with Gasteiger partial charge in [0, 0.05) is 24.2 Å². The molecule has 1 aliphatic rings. The Bertz CT molecular complexity index is 988. The number of carbonyl (C=O) groups is 2. The Morgan fingerprint density at radius 3 is 1.87 bits per heavy atom. The van der Waals surface area contributed by atoms with Crippen molar-refractivity contribution in [3.8, 4) is 0 Å². The van der Waals surface area contributed by atoms with E-state index in [0.29, 0.717) is 19.5 Å². The zero-order valence-corrected chi connectivity index (χ0v) is 18.4. The highest BCUT2D eigenvalue weighted by molar-refractivity contribution is 6.32. The second kappa shape index (κ2) is 10.0. The molecule has 1 unspecified atom stereocenters. The molecule has 4 nitrogen and oxygen atoms in total. The van der Waals surface area contributed by atoms with E-state index in [1.165, 1.54) is 0 Å². The van der Waals surface area contributed by atoms with Crippen LogP contribution in [-0.4, -0.2) is 24.7 Å². The number of halogens is 2. The standard InChI is InChI=1S/C25H30F2N2O2/c1-4-7-10-15(6-3)14-29-23-19-18(22(28-13-5-2)20(26)21(23)27)24(30)16-11-8-9-12-17(16)25(19)31/h8-9,11-12,15,28-29H,4-7,10,13-14H2,1-3H3. The number of carbonyl (C=O) groups excluding carboxylic acids is 2. The van der Waals surface area contributed by atoms with Gasteiger partial charge in [0.1, 0.15) is 0 Å². The molecular formula is C25H30F2N2O2. The quantitative estimate of drug-likeness (QED) is 0.404. The van der Waals surface area contributed by atoms with Crippen molar-refractivity contribution in [1.82, 2.24) is 0 Å². The highest BCUT2D eigenvalue weighted by Crippen LogP contribution is 2.40. The summed E-state index contributed by atoms with van der Waals surface area (Å²) >= 11 is 0. The predicted molar refractivity (Wildman–Crippen MR) is 120 cm³/mol. The van der Waals surface area contributed by atoms with Crippen molar-refractivity contribution in [2.75, 3.05) is 23.7 Å². The summed E-state index contributed by atoms with van der Waals surface area (Å²) in [6.45, 7) is 6.80. The number of ketones is 2. The molecule has 2 N–H and O–H groups in total. The number of fused-ring (bicyclic) bond motifs is 2. The average Bonchev–Trinajstić information content (AvgIpc) is 2.79. The molecule has 1 atom stereocenters. The number of anilines is 2. The van der Waals surface area contributed by atoms with Crippen LogP contribution in [0, 0.1) is 17.6 Å². The Morgan fingerprint density at radius 1 is 0.839 bits per heavy atom. The van der Waals surface area contributed by atoms with E-state index < -0.39 is 23.2 Å². The van der Waals surface area contributed by atoms with Crippen molar-refractivity contribution in [3.05, 3.63) is 58.2 Å². The van der Waals surface area contributed by atoms with E-state index in [0.717, 1.165) is 25.7 Å². The third-order valence-corrected chi connectivity index (χ3v) is 5.91. The Balaban J connectivity index is 2.13. The van der Waals surface area contributed by atoms with Gasteiger partial charge in [-0.2, -0.15) is 0 Å². The lowest BCUT2D eigenvalue weighted by Gasteiger charge is -2.26. The Morgan fingerprint density at radius 2 is 1.39 bits per heavy atom. The minimum Gasteiger partial charge on any atom is -0.382 e. The average molecular weight is 429 g/mol. The van der Waals surface area contributed by atoms with Crippen LogP contribution in [0.2, 0.25) is 0 Å². The third kappa shape index (κ3) is 4.34. The summed E-state index contributed by atoms with van der Waals surface area (Å²) in [5.74, 6) is -2.92. The molecule has 31 heavy (non-hydrogen) atoms. The summed E-state index contributed by atoms with van der Waals surface area (Å²) in [7, 11) is 0. The highest BCUT2D eigenvalue weighted by Gasteiger charge is 2.38. The minimum absolute atomic E-state index is 0.0773. The van der Waals surface area contributed by atoms with Gasteiger partial charge in [-0.15, -0.1) is 0 Å². The van der Waals surface area contributed by atoms with Crippen molar-refractivity contribution in [2.24, 2.45) is 5.92 Å². The molecule has 0 radical (unpaired) electrons. The van der Waals surface area contributed by atoms with Gasteiger partial charge in [0.25, 0.3) is 0 Å². The largest absolute Gasteiger partial charge is 0.382 e. The van der Waals surface area contributed by atoms with Crippen LogP contribution in [0.25, 0.3) is 0 Å². The molecule has 1 aliphatic carbocycles. The molecule has 166 valence electrons. The minimum atomic E-state index is -1.13. The Kier molecular flexibility index (Phi) is 7.42. The SMILES string of the molecule is CCCCC(CC)CNc1c(F)c(F)c(NCCC)c2c1C(=O)c1ccccc1C2=O. The van der Waals surface area contributed by atoms with Crippen LogP contribution in [0.1, 0.15) is 84.7 Å². The fourth-order valence-electron chi connectivity index (χ4n) is 4.06. The van der Waals surface area contributed by atoms with Gasteiger partial charge in [-0.3, -0.25) is 9.59 Å². The molecule has 2 aromatic carbocycles. The molecule has 0 bridgehead atoms. The van der Waals surface area contributed by atoms with E-state index in [4.69, 9.17) is 0 Å². The second-order valence-electron chi connectivity index (χ2n) is 8.06. The maximum atomic E-state index is 15.2. The second-order valence-corrected chi connectivity index (χ2v) is 8.06. The van der Waals surface area contributed by atoms with Crippen LogP contribution in [-0.2, 0) is 0 Å². The van der Waals surface area contributed by atoms with Gasteiger partial charge < -0.3 is 10.6 Å². The van der Waals surface area contributed by atoms with Crippen molar-refractivity contribution >= 4 is 22.9 Å². The zero-order chi connectivity index (χ0) is 22.5. The summed E-state index contributed by atoms with van der Waals surface area (Å²) in [5, 5.41) is 5.82. The van der Waals surface area contributed by atoms with Gasteiger partial charge in [-0.25, -0.2) is 8.78 Å². The zero-order valence-electron chi connectivity index (χ0n) is 18.4. The number of hydrogen-bond acceptors (Lipinski definition) is 4. The smallest absolute Gasteiger partial charge is 0.196 e. The Labute approximate surface area is 182 Å².